The molecule has 2 heteroatoms. The van der Waals surface area contributed by atoms with Gasteiger partial charge < -0.3 is 10.2 Å². The van der Waals surface area contributed by atoms with Crippen LogP contribution in [0.4, 0.5) is 11.4 Å². The van der Waals surface area contributed by atoms with Gasteiger partial charge in [0.1, 0.15) is 0 Å². The molecular weight excluding hydrogens is 256 g/mol. The Balaban J connectivity index is 2.00. The van der Waals surface area contributed by atoms with Crippen molar-refractivity contribution >= 4 is 11.4 Å². The molecule has 0 fully saturated rings. The summed E-state index contributed by atoms with van der Waals surface area (Å²) in [5.41, 5.74) is 6.93. The second kappa shape index (κ2) is 6.31. The molecule has 2 nitrogen and oxygen atoms in total. The van der Waals surface area contributed by atoms with E-state index in [0.29, 0.717) is 0 Å². The van der Waals surface area contributed by atoms with Gasteiger partial charge in [0.2, 0.25) is 0 Å². The Morgan fingerprint density at radius 3 is 2.71 bits per heavy atom. The predicted molar refractivity (Wildman–Crippen MR) is 90.3 cm³/mol. The van der Waals surface area contributed by atoms with Gasteiger partial charge in [-0.2, -0.15) is 0 Å². The van der Waals surface area contributed by atoms with E-state index in [0.717, 1.165) is 13.1 Å². The zero-order valence-electron chi connectivity index (χ0n) is 13.0. The maximum atomic E-state index is 3.22. The number of rotatable bonds is 3. The highest BCUT2D eigenvalue weighted by molar-refractivity contribution is 5.69. The fraction of sp³-hybridized carbons (Fsp3) is 0.368. The quantitative estimate of drug-likeness (QED) is 0.907. The number of nitrogens with one attached hydrogen (secondary N) is 1. The molecule has 110 valence electrons. The molecule has 0 amide bonds. The molecule has 1 aliphatic heterocycles. The number of hydrogen-bond donors (Lipinski definition) is 1. The molecule has 2 aromatic carbocycles. The van der Waals surface area contributed by atoms with Gasteiger partial charge in [-0.05, 0) is 62.1 Å². The van der Waals surface area contributed by atoms with Gasteiger partial charge in [0.25, 0.3) is 0 Å². The van der Waals surface area contributed by atoms with Crippen molar-refractivity contribution in [2.45, 2.75) is 32.7 Å². The minimum Gasteiger partial charge on any atom is -0.341 e. The highest BCUT2D eigenvalue weighted by atomic mass is 15.1. The van der Waals surface area contributed by atoms with Gasteiger partial charge in [0.05, 0.1) is 0 Å². The topological polar surface area (TPSA) is 15.3 Å². The minimum absolute atomic E-state index is 0.928. The average molecular weight is 280 g/mol. The lowest BCUT2D eigenvalue weighted by molar-refractivity contribution is 0.760. The number of anilines is 2. The number of para-hydroxylation sites is 1. The zero-order valence-corrected chi connectivity index (χ0v) is 13.0. The van der Waals surface area contributed by atoms with Crippen molar-refractivity contribution in [1.82, 2.24) is 5.32 Å². The van der Waals surface area contributed by atoms with Crippen LogP contribution in [0.5, 0.6) is 0 Å². The van der Waals surface area contributed by atoms with E-state index in [1.54, 1.807) is 0 Å². The van der Waals surface area contributed by atoms with E-state index in [4.69, 9.17) is 0 Å². The van der Waals surface area contributed by atoms with E-state index in [1.807, 2.05) is 7.05 Å². The summed E-state index contributed by atoms with van der Waals surface area (Å²) < 4.78 is 0. The third-order valence-electron chi connectivity index (χ3n) is 4.29. The number of benzene rings is 2. The fourth-order valence-electron chi connectivity index (χ4n) is 3.28. The first kappa shape index (κ1) is 14.2. The summed E-state index contributed by atoms with van der Waals surface area (Å²) >= 11 is 0. The molecule has 1 aliphatic rings. The highest BCUT2D eigenvalue weighted by Crippen LogP contribution is 2.34. The van der Waals surface area contributed by atoms with E-state index < -0.39 is 0 Å². The van der Waals surface area contributed by atoms with Crippen LogP contribution in [0.1, 0.15) is 29.5 Å². The van der Waals surface area contributed by atoms with E-state index in [2.05, 4.69) is 59.6 Å². The van der Waals surface area contributed by atoms with Crippen LogP contribution in [0.2, 0.25) is 0 Å². The van der Waals surface area contributed by atoms with Crippen molar-refractivity contribution in [3.63, 3.8) is 0 Å². The lowest BCUT2D eigenvalue weighted by Crippen LogP contribution is -2.19. The SMILES string of the molecule is CNCc1ccc(N2CCCCc3ccccc32)c(C)c1. The molecule has 1 heterocycles. The van der Waals surface area contributed by atoms with Crippen LogP contribution >= 0.6 is 0 Å². The summed E-state index contributed by atoms with van der Waals surface area (Å²) in [5.74, 6) is 0. The Kier molecular flexibility index (Phi) is 4.26. The van der Waals surface area contributed by atoms with Gasteiger partial charge in [0, 0.05) is 24.5 Å². The van der Waals surface area contributed by atoms with Gasteiger partial charge >= 0.3 is 0 Å². The normalized spacial score (nSPS) is 14.7. The van der Waals surface area contributed by atoms with E-state index in [1.165, 1.54) is 47.3 Å². The summed E-state index contributed by atoms with van der Waals surface area (Å²) in [6, 6.07) is 15.7. The molecule has 0 aromatic heterocycles. The minimum atomic E-state index is 0.928. The summed E-state index contributed by atoms with van der Waals surface area (Å²) in [7, 11) is 1.99. The second-order valence-corrected chi connectivity index (χ2v) is 5.89. The van der Waals surface area contributed by atoms with E-state index in [9.17, 15) is 0 Å². The molecule has 1 N–H and O–H groups in total. The van der Waals surface area contributed by atoms with Crippen LogP contribution in [0.3, 0.4) is 0 Å². The zero-order chi connectivity index (χ0) is 14.7. The van der Waals surface area contributed by atoms with Crippen molar-refractivity contribution in [1.29, 1.82) is 0 Å². The Hall–Kier alpha value is -1.80. The van der Waals surface area contributed by atoms with Gasteiger partial charge in [0.15, 0.2) is 0 Å². The molecule has 0 bridgehead atoms. The van der Waals surface area contributed by atoms with Crippen LogP contribution in [0.15, 0.2) is 42.5 Å². The average Bonchev–Trinajstić information content (AvgIpc) is 2.70. The summed E-state index contributed by atoms with van der Waals surface area (Å²) in [6.45, 7) is 4.27. The van der Waals surface area contributed by atoms with Crippen molar-refractivity contribution in [3.05, 3.63) is 59.2 Å². The second-order valence-electron chi connectivity index (χ2n) is 5.89. The number of hydrogen-bond acceptors (Lipinski definition) is 2. The van der Waals surface area contributed by atoms with Crippen LogP contribution < -0.4 is 10.2 Å². The Bertz CT molecular complexity index is 619. The molecule has 0 saturated heterocycles. The van der Waals surface area contributed by atoms with Crippen LogP contribution in [-0.2, 0) is 13.0 Å². The molecule has 0 unspecified atom stereocenters. The van der Waals surface area contributed by atoms with Crippen molar-refractivity contribution in [2.75, 3.05) is 18.5 Å². The van der Waals surface area contributed by atoms with Crippen LogP contribution in [-0.4, -0.2) is 13.6 Å². The lowest BCUT2D eigenvalue weighted by atomic mass is 10.1. The standard InChI is InChI=1S/C19H24N2/c1-15-13-16(14-20-2)10-11-18(15)21-12-6-5-8-17-7-3-4-9-19(17)21/h3-4,7,9-11,13,20H,5-6,8,12,14H2,1-2H3. The predicted octanol–water partition coefficient (Wildman–Crippen LogP) is 4.19. The maximum Gasteiger partial charge on any atom is 0.0443 e. The number of nitrogens with zero attached hydrogens (tertiary/aromatic N) is 1. The largest absolute Gasteiger partial charge is 0.341 e. The first-order valence-corrected chi connectivity index (χ1v) is 7.89. The van der Waals surface area contributed by atoms with Crippen molar-refractivity contribution < 1.29 is 0 Å². The molecule has 0 atom stereocenters. The Morgan fingerprint density at radius 2 is 1.90 bits per heavy atom. The van der Waals surface area contributed by atoms with Crippen LogP contribution in [0.25, 0.3) is 0 Å². The third-order valence-corrected chi connectivity index (χ3v) is 4.29. The van der Waals surface area contributed by atoms with E-state index >= 15 is 0 Å². The smallest absolute Gasteiger partial charge is 0.0443 e. The molecule has 0 saturated carbocycles. The molecule has 2 aromatic rings. The van der Waals surface area contributed by atoms with Crippen LogP contribution in [0, 0.1) is 6.92 Å². The van der Waals surface area contributed by atoms with Crippen molar-refractivity contribution in [3.8, 4) is 0 Å². The highest BCUT2D eigenvalue weighted by Gasteiger charge is 2.17. The third kappa shape index (κ3) is 2.96. The molecule has 0 radical (unpaired) electrons. The first-order chi connectivity index (χ1) is 10.3. The van der Waals surface area contributed by atoms with E-state index in [-0.39, 0.29) is 0 Å². The molecule has 3 rings (SSSR count). The van der Waals surface area contributed by atoms with Gasteiger partial charge in [-0.1, -0.05) is 30.3 Å². The fourth-order valence-corrected chi connectivity index (χ4v) is 3.28. The number of fused-ring (bicyclic) bond motifs is 1. The Labute approximate surface area is 127 Å². The molecule has 0 spiro atoms. The maximum absolute atomic E-state index is 3.22. The molecule has 21 heavy (non-hydrogen) atoms. The van der Waals surface area contributed by atoms with Gasteiger partial charge in [-0.25, -0.2) is 0 Å². The van der Waals surface area contributed by atoms with Gasteiger partial charge in [-0.3, -0.25) is 0 Å². The Morgan fingerprint density at radius 1 is 1.05 bits per heavy atom. The summed E-state index contributed by atoms with van der Waals surface area (Å²) in [6.07, 6.45) is 3.74. The summed E-state index contributed by atoms with van der Waals surface area (Å²) in [5, 5.41) is 3.22. The number of aryl methyl sites for hydroxylation is 2. The molecule has 0 aliphatic carbocycles. The monoisotopic (exact) mass is 280 g/mol. The lowest BCUT2D eigenvalue weighted by Gasteiger charge is -2.27. The first-order valence-electron chi connectivity index (χ1n) is 7.89. The van der Waals surface area contributed by atoms with Gasteiger partial charge in [-0.15, -0.1) is 0 Å². The summed E-state index contributed by atoms with van der Waals surface area (Å²) in [4.78, 5) is 2.50. The molecular formula is C19H24N2. The van der Waals surface area contributed by atoms with Crippen molar-refractivity contribution in [2.24, 2.45) is 0 Å².